The summed E-state index contributed by atoms with van der Waals surface area (Å²) in [6.07, 6.45) is -0.379. The lowest BCUT2D eigenvalue weighted by molar-refractivity contribution is -0.137. The Hall–Kier alpha value is -3.16. The number of nitrogens with two attached hydrogens (primary N) is 1. The summed E-state index contributed by atoms with van der Waals surface area (Å²) in [7, 11) is 0. The van der Waals surface area contributed by atoms with E-state index in [4.69, 9.17) is 22.7 Å². The maximum absolute atomic E-state index is 15.5. The summed E-state index contributed by atoms with van der Waals surface area (Å²) < 4.78 is 60.9. The van der Waals surface area contributed by atoms with E-state index >= 15 is 4.39 Å². The summed E-state index contributed by atoms with van der Waals surface area (Å²) in [6.45, 7) is 6.91. The van der Waals surface area contributed by atoms with Crippen molar-refractivity contribution in [3.8, 4) is 0 Å². The van der Waals surface area contributed by atoms with Gasteiger partial charge in [0.1, 0.15) is 5.82 Å². The number of hydrazone groups is 1. The van der Waals surface area contributed by atoms with Crippen LogP contribution in [0.4, 0.5) is 34.6 Å². The first-order chi connectivity index (χ1) is 19.7. The first-order valence-corrected chi connectivity index (χ1v) is 14.3. The van der Waals surface area contributed by atoms with Crippen molar-refractivity contribution in [3.63, 3.8) is 0 Å². The van der Waals surface area contributed by atoms with Crippen molar-refractivity contribution in [2.45, 2.75) is 25.1 Å². The zero-order chi connectivity index (χ0) is 29.0. The molecule has 2 aromatic rings. The zero-order valence-corrected chi connectivity index (χ0v) is 23.6. The topological polar surface area (TPSA) is 72.6 Å². The Labute approximate surface area is 242 Å². The second-order valence-corrected chi connectivity index (χ2v) is 11.0. The molecule has 0 amide bonds. The Morgan fingerprint density at radius 2 is 1.68 bits per heavy atom. The Bertz CT molecular complexity index is 1240. The fraction of sp³-hybridized carbons (Fsp3) is 0.500. The summed E-state index contributed by atoms with van der Waals surface area (Å²) in [5, 5.41) is 4.08. The molecular weight excluding hydrogens is 558 g/mol. The number of nitrogens with one attached hydrogen (secondary N) is 1. The molecule has 1 atom stereocenters. The Balaban J connectivity index is 1.31. The highest BCUT2D eigenvalue weighted by Crippen LogP contribution is 2.34. The van der Waals surface area contributed by atoms with E-state index in [0.29, 0.717) is 49.2 Å². The molecule has 3 aliphatic rings. The zero-order valence-electron chi connectivity index (χ0n) is 22.7. The number of hydrogen-bond donors (Lipinski definition) is 2. The SMILES string of the molecule is NC(=S)N/N=C/c1cc(F)c(N2CCN(c3cccc(C(F)(F)F)c3)CC2)cc1N1CCN(CC2CCCO2)CC1. The molecule has 41 heavy (non-hydrogen) atoms. The van der Waals surface area contributed by atoms with Gasteiger partial charge in [-0.1, -0.05) is 6.07 Å². The molecule has 3 heterocycles. The molecule has 0 bridgehead atoms. The first-order valence-electron chi connectivity index (χ1n) is 13.9. The molecule has 3 N–H and O–H groups in total. The molecule has 3 saturated heterocycles. The molecule has 2 aromatic carbocycles. The number of halogens is 4. The van der Waals surface area contributed by atoms with Gasteiger partial charge >= 0.3 is 6.18 Å². The van der Waals surface area contributed by atoms with Crippen LogP contribution in [0.5, 0.6) is 0 Å². The monoisotopic (exact) mass is 593 g/mol. The van der Waals surface area contributed by atoms with Crippen molar-refractivity contribution >= 4 is 40.6 Å². The second-order valence-electron chi connectivity index (χ2n) is 10.5. The van der Waals surface area contributed by atoms with Gasteiger partial charge in [0.25, 0.3) is 0 Å². The molecule has 222 valence electrons. The number of nitrogens with zero attached hydrogens (tertiary/aromatic N) is 5. The molecule has 0 aromatic heterocycles. The normalized spacial score (nSPS) is 20.7. The van der Waals surface area contributed by atoms with Crippen molar-refractivity contribution in [2.75, 3.05) is 80.2 Å². The number of piperazine rings is 2. The van der Waals surface area contributed by atoms with Crippen molar-refractivity contribution < 1.29 is 22.3 Å². The molecule has 0 saturated carbocycles. The van der Waals surface area contributed by atoms with Gasteiger partial charge < -0.3 is 25.2 Å². The van der Waals surface area contributed by atoms with Crippen LogP contribution in [0.15, 0.2) is 41.5 Å². The number of alkyl halides is 3. The Morgan fingerprint density at radius 3 is 2.34 bits per heavy atom. The highest BCUT2D eigenvalue weighted by molar-refractivity contribution is 7.80. The van der Waals surface area contributed by atoms with Gasteiger partial charge in [0.15, 0.2) is 5.11 Å². The molecule has 5 rings (SSSR count). The maximum atomic E-state index is 15.5. The standard InChI is InChI=1S/C28H35F4N7OS/c29-24-15-20(18-34-35-27(33)41)25(38-8-6-36(7-9-38)19-23-5-2-14-40-23)17-26(24)39-12-10-37(11-13-39)22-4-1-3-21(16-22)28(30,31)32/h1,3-4,15-18,23H,2,5-14,19H2,(H3,33,35,41)/b34-18+. The van der Waals surface area contributed by atoms with Gasteiger partial charge in [0, 0.05) is 82.4 Å². The van der Waals surface area contributed by atoms with E-state index in [1.807, 2.05) is 15.9 Å². The number of ether oxygens (including phenoxy) is 1. The lowest BCUT2D eigenvalue weighted by Crippen LogP contribution is -2.49. The van der Waals surface area contributed by atoms with Gasteiger partial charge in [0.2, 0.25) is 0 Å². The summed E-state index contributed by atoms with van der Waals surface area (Å²) in [5.74, 6) is -0.393. The van der Waals surface area contributed by atoms with Crippen LogP contribution < -0.4 is 25.9 Å². The summed E-state index contributed by atoms with van der Waals surface area (Å²) in [4.78, 5) is 8.49. The minimum absolute atomic E-state index is 0.0151. The van der Waals surface area contributed by atoms with Crippen LogP contribution in [0.2, 0.25) is 0 Å². The van der Waals surface area contributed by atoms with Gasteiger partial charge in [-0.2, -0.15) is 18.3 Å². The quantitative estimate of drug-likeness (QED) is 0.218. The Morgan fingerprint density at radius 1 is 1.00 bits per heavy atom. The third kappa shape index (κ3) is 7.38. The summed E-state index contributed by atoms with van der Waals surface area (Å²) in [6, 6.07) is 8.66. The average molecular weight is 594 g/mol. The number of rotatable bonds is 7. The molecule has 0 aliphatic carbocycles. The van der Waals surface area contributed by atoms with E-state index < -0.39 is 17.6 Å². The van der Waals surface area contributed by atoms with Gasteiger partial charge in [0.05, 0.1) is 23.6 Å². The number of anilines is 3. The number of hydrogen-bond acceptors (Lipinski definition) is 7. The maximum Gasteiger partial charge on any atom is 0.416 e. The molecule has 3 fully saturated rings. The minimum Gasteiger partial charge on any atom is -0.377 e. The van der Waals surface area contributed by atoms with Crippen LogP contribution in [0.1, 0.15) is 24.0 Å². The molecule has 1 unspecified atom stereocenters. The van der Waals surface area contributed by atoms with E-state index in [0.717, 1.165) is 63.9 Å². The first kappa shape index (κ1) is 29.3. The summed E-state index contributed by atoms with van der Waals surface area (Å²) >= 11 is 4.83. The molecular formula is C28H35F4N7OS. The van der Waals surface area contributed by atoms with Crippen molar-refractivity contribution in [3.05, 3.63) is 53.3 Å². The van der Waals surface area contributed by atoms with Crippen molar-refractivity contribution in [1.82, 2.24) is 10.3 Å². The van der Waals surface area contributed by atoms with E-state index in [1.54, 1.807) is 6.07 Å². The number of benzene rings is 2. The third-order valence-corrected chi connectivity index (χ3v) is 7.92. The van der Waals surface area contributed by atoms with E-state index in [9.17, 15) is 13.2 Å². The number of thiocarbonyl (C=S) groups is 1. The van der Waals surface area contributed by atoms with E-state index in [2.05, 4.69) is 20.3 Å². The minimum atomic E-state index is -4.40. The van der Waals surface area contributed by atoms with E-state index in [1.165, 1.54) is 24.4 Å². The predicted octanol–water partition coefficient (Wildman–Crippen LogP) is 3.64. The second kappa shape index (κ2) is 12.8. The largest absolute Gasteiger partial charge is 0.416 e. The van der Waals surface area contributed by atoms with Crippen LogP contribution in [0, 0.1) is 5.82 Å². The van der Waals surface area contributed by atoms with Gasteiger partial charge in [-0.05, 0) is 55.4 Å². The van der Waals surface area contributed by atoms with E-state index in [-0.39, 0.29) is 5.11 Å². The van der Waals surface area contributed by atoms with Crippen LogP contribution in [-0.2, 0) is 10.9 Å². The fourth-order valence-corrected chi connectivity index (χ4v) is 5.74. The molecule has 3 aliphatic heterocycles. The van der Waals surface area contributed by atoms with Crippen LogP contribution in [-0.4, -0.2) is 87.8 Å². The molecule has 13 heteroatoms. The van der Waals surface area contributed by atoms with Crippen LogP contribution >= 0.6 is 12.2 Å². The van der Waals surface area contributed by atoms with Crippen molar-refractivity contribution in [1.29, 1.82) is 0 Å². The van der Waals surface area contributed by atoms with Gasteiger partial charge in [-0.15, -0.1) is 0 Å². The Kier molecular flexibility index (Phi) is 9.15. The highest BCUT2D eigenvalue weighted by atomic mass is 32.1. The van der Waals surface area contributed by atoms with Gasteiger partial charge in [-0.25, -0.2) is 4.39 Å². The molecule has 0 radical (unpaired) electrons. The van der Waals surface area contributed by atoms with Gasteiger partial charge in [-0.3, -0.25) is 10.3 Å². The predicted molar refractivity (Wildman–Crippen MR) is 157 cm³/mol. The van der Waals surface area contributed by atoms with Crippen LogP contribution in [0.3, 0.4) is 0 Å². The smallest absolute Gasteiger partial charge is 0.377 e. The molecule has 0 spiro atoms. The average Bonchev–Trinajstić information content (AvgIpc) is 3.46. The fourth-order valence-electron chi connectivity index (χ4n) is 5.68. The summed E-state index contributed by atoms with van der Waals surface area (Å²) in [5.41, 5.74) is 9.78. The lowest BCUT2D eigenvalue weighted by atomic mass is 10.1. The third-order valence-electron chi connectivity index (χ3n) is 7.83. The molecule has 8 nitrogen and oxygen atoms in total. The van der Waals surface area contributed by atoms with Crippen molar-refractivity contribution in [2.24, 2.45) is 10.8 Å². The highest BCUT2D eigenvalue weighted by Gasteiger charge is 2.31. The van der Waals surface area contributed by atoms with Crippen LogP contribution in [0.25, 0.3) is 0 Å². The lowest BCUT2D eigenvalue weighted by Gasteiger charge is -2.40.